The molecule has 100 valence electrons. The van der Waals surface area contributed by atoms with Gasteiger partial charge in [0.15, 0.2) is 0 Å². The average molecular weight is 326 g/mol. The van der Waals surface area contributed by atoms with Gasteiger partial charge < -0.3 is 10.0 Å². The van der Waals surface area contributed by atoms with Crippen LogP contribution in [0, 0.1) is 0 Å². The zero-order valence-electron chi connectivity index (χ0n) is 9.46. The first-order chi connectivity index (χ1) is 8.21. The van der Waals surface area contributed by atoms with Gasteiger partial charge in [0.05, 0.1) is 12.0 Å². The van der Waals surface area contributed by atoms with Crippen LogP contribution in [0.1, 0.15) is 12.0 Å². The molecule has 0 aliphatic heterocycles. The largest absolute Gasteiger partial charge is 0.481 e. The molecule has 7 heteroatoms. The third-order valence-electron chi connectivity index (χ3n) is 2.34. The van der Waals surface area contributed by atoms with Crippen LogP contribution >= 0.6 is 15.9 Å². The summed E-state index contributed by atoms with van der Waals surface area (Å²) in [6.45, 7) is 0.0139. The van der Waals surface area contributed by atoms with Gasteiger partial charge in [-0.25, -0.2) is 0 Å². The average Bonchev–Trinajstić information content (AvgIpc) is 2.24. The molecule has 1 rings (SSSR count). The molecule has 0 aliphatic rings. The highest BCUT2D eigenvalue weighted by Gasteiger charge is 2.34. The SMILES string of the molecule is CN(CCC(=O)O)c1ccc(Br)cc1C(F)(F)F. The van der Waals surface area contributed by atoms with Crippen LogP contribution in [0.4, 0.5) is 18.9 Å². The number of anilines is 1. The van der Waals surface area contributed by atoms with Gasteiger partial charge in [0, 0.05) is 23.8 Å². The zero-order chi connectivity index (χ0) is 13.9. The van der Waals surface area contributed by atoms with E-state index in [1.54, 1.807) is 0 Å². The van der Waals surface area contributed by atoms with E-state index in [2.05, 4.69) is 15.9 Å². The first-order valence-electron chi connectivity index (χ1n) is 5.01. The molecule has 1 aromatic rings. The normalized spacial score (nSPS) is 11.4. The summed E-state index contributed by atoms with van der Waals surface area (Å²) in [7, 11) is 1.43. The summed E-state index contributed by atoms with van der Waals surface area (Å²) in [5.41, 5.74) is -0.822. The van der Waals surface area contributed by atoms with Crippen LogP contribution in [-0.4, -0.2) is 24.7 Å². The van der Waals surface area contributed by atoms with E-state index in [9.17, 15) is 18.0 Å². The highest BCUT2D eigenvalue weighted by atomic mass is 79.9. The van der Waals surface area contributed by atoms with Crippen molar-refractivity contribution in [2.24, 2.45) is 0 Å². The number of alkyl halides is 3. The minimum atomic E-state index is -4.48. The molecular formula is C11H11BrF3NO2. The molecule has 1 N–H and O–H groups in total. The van der Waals surface area contributed by atoms with E-state index < -0.39 is 17.7 Å². The van der Waals surface area contributed by atoms with Crippen molar-refractivity contribution in [3.8, 4) is 0 Å². The van der Waals surface area contributed by atoms with Crippen molar-refractivity contribution >= 4 is 27.6 Å². The Kier molecular flexibility index (Phi) is 4.61. The Morgan fingerprint density at radius 1 is 1.44 bits per heavy atom. The van der Waals surface area contributed by atoms with Crippen LogP contribution in [0.2, 0.25) is 0 Å². The Morgan fingerprint density at radius 3 is 2.56 bits per heavy atom. The summed E-state index contributed by atoms with van der Waals surface area (Å²) in [6.07, 6.45) is -4.69. The van der Waals surface area contributed by atoms with Crippen LogP contribution in [0.15, 0.2) is 22.7 Å². The van der Waals surface area contributed by atoms with E-state index in [1.165, 1.54) is 24.1 Å². The standard InChI is InChI=1S/C11H11BrF3NO2/c1-16(5-4-10(17)18)9-3-2-7(12)6-8(9)11(13,14)15/h2-3,6H,4-5H2,1H3,(H,17,18). The molecule has 0 heterocycles. The Labute approximate surface area is 110 Å². The second kappa shape index (κ2) is 5.60. The van der Waals surface area contributed by atoms with Crippen molar-refractivity contribution in [2.75, 3.05) is 18.5 Å². The molecule has 3 nitrogen and oxygen atoms in total. The zero-order valence-corrected chi connectivity index (χ0v) is 11.0. The minimum absolute atomic E-state index is 0.0139. The number of aliphatic carboxylic acids is 1. The minimum Gasteiger partial charge on any atom is -0.481 e. The van der Waals surface area contributed by atoms with Crippen molar-refractivity contribution < 1.29 is 23.1 Å². The van der Waals surface area contributed by atoms with Crippen molar-refractivity contribution in [2.45, 2.75) is 12.6 Å². The monoisotopic (exact) mass is 325 g/mol. The lowest BCUT2D eigenvalue weighted by atomic mass is 10.1. The number of hydrogen-bond donors (Lipinski definition) is 1. The number of carboxylic acid groups (broad SMARTS) is 1. The van der Waals surface area contributed by atoms with E-state index in [0.717, 1.165) is 6.07 Å². The predicted molar refractivity (Wildman–Crippen MR) is 64.7 cm³/mol. The number of benzene rings is 1. The smallest absolute Gasteiger partial charge is 0.418 e. The van der Waals surface area contributed by atoms with Gasteiger partial charge in [-0.3, -0.25) is 4.79 Å². The maximum absolute atomic E-state index is 12.8. The molecule has 0 atom stereocenters. The van der Waals surface area contributed by atoms with E-state index in [4.69, 9.17) is 5.11 Å². The fourth-order valence-corrected chi connectivity index (χ4v) is 1.81. The van der Waals surface area contributed by atoms with Crippen molar-refractivity contribution in [3.63, 3.8) is 0 Å². The molecule has 0 radical (unpaired) electrons. The number of hydrogen-bond acceptors (Lipinski definition) is 2. The fourth-order valence-electron chi connectivity index (χ4n) is 1.45. The molecule has 0 aromatic heterocycles. The second-order valence-corrected chi connectivity index (χ2v) is 4.64. The van der Waals surface area contributed by atoms with E-state index in [1.807, 2.05) is 0 Å². The Hall–Kier alpha value is -1.24. The van der Waals surface area contributed by atoms with Crippen LogP contribution in [0.5, 0.6) is 0 Å². The number of halogens is 4. The summed E-state index contributed by atoms with van der Waals surface area (Å²) < 4.78 is 38.8. The molecule has 0 fully saturated rings. The van der Waals surface area contributed by atoms with Crippen LogP contribution in [0.25, 0.3) is 0 Å². The molecule has 18 heavy (non-hydrogen) atoms. The summed E-state index contributed by atoms with van der Waals surface area (Å²) in [5, 5.41) is 8.53. The van der Waals surface area contributed by atoms with Gasteiger partial charge in [-0.1, -0.05) is 15.9 Å². The van der Waals surface area contributed by atoms with Crippen LogP contribution in [-0.2, 0) is 11.0 Å². The summed E-state index contributed by atoms with van der Waals surface area (Å²) in [4.78, 5) is 11.7. The first kappa shape index (κ1) is 14.8. The van der Waals surface area contributed by atoms with Crippen LogP contribution in [0.3, 0.4) is 0 Å². The maximum atomic E-state index is 12.8. The summed E-state index contributed by atoms with van der Waals surface area (Å²) in [6, 6.07) is 3.78. The van der Waals surface area contributed by atoms with Crippen LogP contribution < -0.4 is 4.90 Å². The predicted octanol–water partition coefficient (Wildman–Crippen LogP) is 3.38. The quantitative estimate of drug-likeness (QED) is 0.922. The molecule has 0 spiro atoms. The lowest BCUT2D eigenvalue weighted by molar-refractivity contribution is -0.137. The number of carbonyl (C=O) groups is 1. The van der Waals surface area contributed by atoms with Gasteiger partial charge in [0.2, 0.25) is 0 Å². The first-order valence-corrected chi connectivity index (χ1v) is 5.81. The van der Waals surface area contributed by atoms with Gasteiger partial charge >= 0.3 is 12.1 Å². The van der Waals surface area contributed by atoms with E-state index in [0.29, 0.717) is 4.47 Å². The van der Waals surface area contributed by atoms with E-state index >= 15 is 0 Å². The number of nitrogens with zero attached hydrogens (tertiary/aromatic N) is 1. The molecule has 0 amide bonds. The third-order valence-corrected chi connectivity index (χ3v) is 2.83. The maximum Gasteiger partial charge on any atom is 0.418 e. The topological polar surface area (TPSA) is 40.5 Å². The van der Waals surface area contributed by atoms with Crippen molar-refractivity contribution in [1.82, 2.24) is 0 Å². The highest BCUT2D eigenvalue weighted by Crippen LogP contribution is 2.37. The Balaban J connectivity index is 3.04. The lowest BCUT2D eigenvalue weighted by Crippen LogP contribution is -2.24. The van der Waals surface area contributed by atoms with Gasteiger partial charge in [0.25, 0.3) is 0 Å². The molecular weight excluding hydrogens is 315 g/mol. The lowest BCUT2D eigenvalue weighted by Gasteiger charge is -2.23. The molecule has 0 aliphatic carbocycles. The van der Waals surface area contributed by atoms with E-state index in [-0.39, 0.29) is 18.7 Å². The molecule has 0 unspecified atom stereocenters. The third kappa shape index (κ3) is 3.90. The number of carboxylic acids is 1. The Morgan fingerprint density at radius 2 is 2.06 bits per heavy atom. The second-order valence-electron chi connectivity index (χ2n) is 3.72. The van der Waals surface area contributed by atoms with Gasteiger partial charge in [-0.05, 0) is 18.2 Å². The molecule has 0 saturated carbocycles. The van der Waals surface area contributed by atoms with Gasteiger partial charge in [0.1, 0.15) is 0 Å². The van der Waals surface area contributed by atoms with Crippen molar-refractivity contribution in [1.29, 1.82) is 0 Å². The summed E-state index contributed by atoms with van der Waals surface area (Å²) >= 11 is 2.99. The fraction of sp³-hybridized carbons (Fsp3) is 0.364. The highest BCUT2D eigenvalue weighted by molar-refractivity contribution is 9.10. The van der Waals surface area contributed by atoms with Gasteiger partial charge in [-0.15, -0.1) is 0 Å². The van der Waals surface area contributed by atoms with Gasteiger partial charge in [-0.2, -0.15) is 13.2 Å². The number of rotatable bonds is 4. The molecule has 0 bridgehead atoms. The molecule has 1 aromatic carbocycles. The summed E-state index contributed by atoms with van der Waals surface area (Å²) in [5.74, 6) is -1.05. The Bertz CT molecular complexity index is 448. The molecule has 0 saturated heterocycles. The van der Waals surface area contributed by atoms with Crippen molar-refractivity contribution in [3.05, 3.63) is 28.2 Å².